The van der Waals surface area contributed by atoms with E-state index in [2.05, 4.69) is 10.2 Å². The molecule has 3 rings (SSSR count). The van der Waals surface area contributed by atoms with Crippen LogP contribution in [0.5, 0.6) is 0 Å². The van der Waals surface area contributed by atoms with Crippen LogP contribution in [0.2, 0.25) is 0 Å². The van der Waals surface area contributed by atoms with Gasteiger partial charge in [-0.1, -0.05) is 23.8 Å². The molecule has 1 atom stereocenters. The second-order valence-electron chi connectivity index (χ2n) is 6.39. The van der Waals surface area contributed by atoms with Gasteiger partial charge in [0.1, 0.15) is 0 Å². The van der Waals surface area contributed by atoms with Gasteiger partial charge in [-0.15, -0.1) is 10.2 Å². The number of hydrogen-bond acceptors (Lipinski definition) is 7. The molecule has 0 saturated carbocycles. The standard InChI is InChI=1S/C19H19N3O5S/c1-11-5-4-6-14(9-11)18-22-21-17(27-18)13(3)26-19(23)15-8-7-12(2)16(10-15)28(20,24)25/h4-10,13H,1-3H3,(H2,20,24,25). The Morgan fingerprint density at radius 3 is 2.57 bits per heavy atom. The Morgan fingerprint density at radius 2 is 1.89 bits per heavy atom. The van der Waals surface area contributed by atoms with E-state index in [1.165, 1.54) is 18.2 Å². The average molecular weight is 401 g/mol. The summed E-state index contributed by atoms with van der Waals surface area (Å²) in [6.45, 7) is 5.12. The van der Waals surface area contributed by atoms with Crippen molar-refractivity contribution < 1.29 is 22.4 Å². The largest absolute Gasteiger partial charge is 0.449 e. The first kappa shape index (κ1) is 19.7. The molecular formula is C19H19N3O5S. The summed E-state index contributed by atoms with van der Waals surface area (Å²) in [7, 11) is -3.95. The molecule has 8 nitrogen and oxygen atoms in total. The van der Waals surface area contributed by atoms with E-state index in [-0.39, 0.29) is 16.3 Å². The number of aromatic nitrogens is 2. The predicted octanol–water partition coefficient (Wildman–Crippen LogP) is 2.92. The number of carbonyl (C=O) groups excluding carboxylic acids is 1. The van der Waals surface area contributed by atoms with Gasteiger partial charge in [0.2, 0.25) is 15.9 Å². The normalized spacial score (nSPS) is 12.6. The molecule has 1 aromatic heterocycles. The third kappa shape index (κ3) is 4.26. The van der Waals surface area contributed by atoms with Crippen molar-refractivity contribution in [1.82, 2.24) is 10.2 Å². The maximum atomic E-state index is 12.4. The lowest BCUT2D eigenvalue weighted by molar-refractivity contribution is 0.0279. The lowest BCUT2D eigenvalue weighted by Gasteiger charge is -2.11. The number of ether oxygens (including phenoxy) is 1. The molecule has 0 spiro atoms. The number of nitrogens with zero attached hydrogens (tertiary/aromatic N) is 2. The molecular weight excluding hydrogens is 382 g/mol. The molecule has 0 saturated heterocycles. The van der Waals surface area contributed by atoms with E-state index in [4.69, 9.17) is 14.3 Å². The minimum Gasteiger partial charge on any atom is -0.449 e. The van der Waals surface area contributed by atoms with Crippen molar-refractivity contribution in [1.29, 1.82) is 0 Å². The maximum Gasteiger partial charge on any atom is 0.338 e. The van der Waals surface area contributed by atoms with E-state index < -0.39 is 22.1 Å². The Hall–Kier alpha value is -3.04. The molecule has 1 heterocycles. The van der Waals surface area contributed by atoms with E-state index in [9.17, 15) is 13.2 Å². The molecule has 0 aliphatic rings. The van der Waals surface area contributed by atoms with Crippen LogP contribution in [0.1, 0.15) is 40.4 Å². The molecule has 146 valence electrons. The Bertz CT molecular complexity index is 1140. The summed E-state index contributed by atoms with van der Waals surface area (Å²) in [5, 5.41) is 13.1. The SMILES string of the molecule is Cc1cccc(-c2nnc(C(C)OC(=O)c3ccc(C)c(S(N)(=O)=O)c3)o2)c1. The lowest BCUT2D eigenvalue weighted by atomic mass is 10.1. The fourth-order valence-corrected chi connectivity index (χ4v) is 3.41. The van der Waals surface area contributed by atoms with Gasteiger partial charge in [-0.3, -0.25) is 0 Å². The molecule has 2 aromatic carbocycles. The number of sulfonamides is 1. The van der Waals surface area contributed by atoms with Gasteiger partial charge in [-0.05, 0) is 50.6 Å². The van der Waals surface area contributed by atoms with E-state index in [1.807, 2.05) is 31.2 Å². The summed E-state index contributed by atoms with van der Waals surface area (Å²) in [5.74, 6) is -0.287. The van der Waals surface area contributed by atoms with Gasteiger partial charge in [0.05, 0.1) is 10.5 Å². The number of primary sulfonamides is 1. The quantitative estimate of drug-likeness (QED) is 0.651. The van der Waals surface area contributed by atoms with Gasteiger partial charge in [-0.25, -0.2) is 18.4 Å². The fourth-order valence-electron chi connectivity index (χ4n) is 2.61. The van der Waals surface area contributed by atoms with Gasteiger partial charge in [0.15, 0.2) is 6.10 Å². The van der Waals surface area contributed by atoms with E-state index in [0.29, 0.717) is 11.5 Å². The van der Waals surface area contributed by atoms with Crippen LogP contribution >= 0.6 is 0 Å². The molecule has 2 N–H and O–H groups in total. The molecule has 0 radical (unpaired) electrons. The molecule has 0 amide bonds. The molecule has 9 heteroatoms. The second kappa shape index (κ2) is 7.53. The van der Waals surface area contributed by atoms with Gasteiger partial charge in [-0.2, -0.15) is 0 Å². The summed E-state index contributed by atoms with van der Waals surface area (Å²) in [4.78, 5) is 12.3. The van der Waals surface area contributed by atoms with Crippen molar-refractivity contribution in [3.8, 4) is 11.5 Å². The van der Waals surface area contributed by atoms with Crippen LogP contribution in [0.4, 0.5) is 0 Å². The van der Waals surface area contributed by atoms with Crippen LogP contribution in [0.3, 0.4) is 0 Å². The molecule has 28 heavy (non-hydrogen) atoms. The number of rotatable bonds is 5. The molecule has 0 aliphatic carbocycles. The Balaban J connectivity index is 1.78. The molecule has 0 aliphatic heterocycles. The van der Waals surface area contributed by atoms with Crippen molar-refractivity contribution in [3.63, 3.8) is 0 Å². The first-order valence-corrected chi connectivity index (χ1v) is 9.94. The summed E-state index contributed by atoms with van der Waals surface area (Å²) in [6.07, 6.45) is -0.821. The number of hydrogen-bond donors (Lipinski definition) is 1. The maximum absolute atomic E-state index is 12.4. The van der Waals surface area contributed by atoms with Crippen LogP contribution in [-0.4, -0.2) is 24.6 Å². The van der Waals surface area contributed by atoms with Crippen molar-refractivity contribution in [2.45, 2.75) is 31.8 Å². The molecule has 0 bridgehead atoms. The van der Waals surface area contributed by atoms with Gasteiger partial charge < -0.3 is 9.15 Å². The third-order valence-corrected chi connectivity index (χ3v) is 5.12. The predicted molar refractivity (Wildman–Crippen MR) is 101 cm³/mol. The average Bonchev–Trinajstić information content (AvgIpc) is 3.11. The zero-order valence-corrected chi connectivity index (χ0v) is 16.4. The fraction of sp³-hybridized carbons (Fsp3) is 0.211. The van der Waals surface area contributed by atoms with Crippen LogP contribution in [0.15, 0.2) is 51.8 Å². The Labute approximate surface area is 162 Å². The van der Waals surface area contributed by atoms with Crippen LogP contribution in [0, 0.1) is 13.8 Å². The van der Waals surface area contributed by atoms with Crippen molar-refractivity contribution in [3.05, 3.63) is 65.0 Å². The number of nitrogens with two attached hydrogens (primary N) is 1. The van der Waals surface area contributed by atoms with E-state index in [1.54, 1.807) is 13.8 Å². The molecule has 0 fully saturated rings. The number of carbonyl (C=O) groups is 1. The first-order chi connectivity index (χ1) is 13.1. The summed E-state index contributed by atoms with van der Waals surface area (Å²) in [5.41, 5.74) is 2.29. The van der Waals surface area contributed by atoms with Crippen LogP contribution in [-0.2, 0) is 14.8 Å². The van der Waals surface area contributed by atoms with Gasteiger partial charge in [0, 0.05) is 5.56 Å². The number of esters is 1. The zero-order valence-electron chi connectivity index (χ0n) is 15.5. The molecule has 1 unspecified atom stereocenters. The third-order valence-electron chi connectivity index (χ3n) is 4.07. The Morgan fingerprint density at radius 1 is 1.14 bits per heavy atom. The highest BCUT2D eigenvalue weighted by atomic mass is 32.2. The summed E-state index contributed by atoms with van der Waals surface area (Å²) in [6, 6.07) is 11.7. The highest BCUT2D eigenvalue weighted by molar-refractivity contribution is 7.89. The van der Waals surface area contributed by atoms with Gasteiger partial charge in [0.25, 0.3) is 5.89 Å². The number of aryl methyl sites for hydroxylation is 2. The van der Waals surface area contributed by atoms with Crippen molar-refractivity contribution in [2.75, 3.05) is 0 Å². The van der Waals surface area contributed by atoms with Crippen molar-refractivity contribution in [2.24, 2.45) is 5.14 Å². The molecule has 3 aromatic rings. The van der Waals surface area contributed by atoms with E-state index in [0.717, 1.165) is 11.1 Å². The second-order valence-corrected chi connectivity index (χ2v) is 7.92. The summed E-state index contributed by atoms with van der Waals surface area (Å²) < 4.78 is 34.2. The minimum absolute atomic E-state index is 0.0555. The highest BCUT2D eigenvalue weighted by Crippen LogP contribution is 2.24. The van der Waals surface area contributed by atoms with Crippen LogP contribution in [0.25, 0.3) is 11.5 Å². The lowest BCUT2D eigenvalue weighted by Crippen LogP contribution is -2.16. The topological polar surface area (TPSA) is 125 Å². The minimum atomic E-state index is -3.95. The Kier molecular flexibility index (Phi) is 5.30. The van der Waals surface area contributed by atoms with E-state index >= 15 is 0 Å². The smallest absolute Gasteiger partial charge is 0.338 e. The zero-order chi connectivity index (χ0) is 20.5. The first-order valence-electron chi connectivity index (χ1n) is 8.40. The number of benzene rings is 2. The van der Waals surface area contributed by atoms with Crippen molar-refractivity contribution >= 4 is 16.0 Å². The monoisotopic (exact) mass is 401 g/mol. The van der Waals surface area contributed by atoms with Gasteiger partial charge >= 0.3 is 5.97 Å². The summed E-state index contributed by atoms with van der Waals surface area (Å²) >= 11 is 0. The highest BCUT2D eigenvalue weighted by Gasteiger charge is 2.22. The van der Waals surface area contributed by atoms with Crippen LogP contribution < -0.4 is 5.14 Å².